The second-order valence-corrected chi connectivity index (χ2v) is 5.68. The summed E-state index contributed by atoms with van der Waals surface area (Å²) in [6, 6.07) is 8.15. The number of halogens is 1. The van der Waals surface area contributed by atoms with E-state index in [0.29, 0.717) is 13.1 Å². The van der Waals surface area contributed by atoms with Gasteiger partial charge in [0.05, 0.1) is 6.54 Å². The maximum absolute atomic E-state index is 12.0. The molecule has 21 heavy (non-hydrogen) atoms. The summed E-state index contributed by atoms with van der Waals surface area (Å²) in [6.07, 6.45) is 1.17. The van der Waals surface area contributed by atoms with E-state index in [9.17, 15) is 9.59 Å². The molecule has 1 saturated heterocycles. The monoisotopic (exact) mass is 351 g/mol. The largest absolute Gasteiger partial charge is 0.368 e. The second kappa shape index (κ2) is 7.26. The molecule has 2 rings (SSSR count). The Morgan fingerprint density at radius 3 is 2.38 bits per heavy atom. The van der Waals surface area contributed by atoms with Gasteiger partial charge >= 0.3 is 0 Å². The molecule has 6 heteroatoms. The third kappa shape index (κ3) is 4.32. The molecule has 0 spiro atoms. The van der Waals surface area contributed by atoms with Gasteiger partial charge in [0.25, 0.3) is 0 Å². The molecule has 0 unspecified atom stereocenters. The Morgan fingerprint density at radius 2 is 1.81 bits per heavy atom. The van der Waals surface area contributed by atoms with Gasteiger partial charge in [-0.15, -0.1) is 0 Å². The molecule has 0 radical (unpaired) electrons. The number of piperazine rings is 1. The smallest absolute Gasteiger partial charge is 0.243 e. The highest BCUT2D eigenvalue weighted by Gasteiger charge is 2.21. The van der Waals surface area contributed by atoms with Gasteiger partial charge in [-0.05, 0) is 30.3 Å². The quantitative estimate of drug-likeness (QED) is 0.834. The van der Waals surface area contributed by atoms with Crippen LogP contribution in [0.1, 0.15) is 0 Å². The maximum atomic E-state index is 12.0. The van der Waals surface area contributed by atoms with Crippen LogP contribution in [0.3, 0.4) is 0 Å². The molecule has 1 aliphatic rings. The second-order valence-electron chi connectivity index (χ2n) is 4.77. The van der Waals surface area contributed by atoms with Crippen molar-refractivity contribution in [3.05, 3.63) is 41.4 Å². The first kappa shape index (κ1) is 15.6. The predicted molar refractivity (Wildman–Crippen MR) is 86.1 cm³/mol. The number of amides is 2. The van der Waals surface area contributed by atoms with Crippen LogP contribution >= 0.6 is 15.9 Å². The number of carbonyl (C=O) groups excluding carboxylic acids is 2. The fourth-order valence-corrected chi connectivity index (χ4v) is 2.48. The first-order chi connectivity index (χ1) is 10.1. The fourth-order valence-electron chi connectivity index (χ4n) is 2.21. The number of hydrogen-bond acceptors (Lipinski definition) is 3. The summed E-state index contributed by atoms with van der Waals surface area (Å²) in [6.45, 7) is 6.30. The summed E-state index contributed by atoms with van der Waals surface area (Å²) in [7, 11) is 0. The van der Waals surface area contributed by atoms with Crippen molar-refractivity contribution in [2.75, 3.05) is 37.6 Å². The van der Waals surface area contributed by atoms with Crippen molar-refractivity contribution in [2.45, 2.75) is 0 Å². The average molecular weight is 352 g/mol. The molecule has 0 saturated carbocycles. The van der Waals surface area contributed by atoms with E-state index >= 15 is 0 Å². The highest BCUT2D eigenvalue weighted by atomic mass is 79.9. The van der Waals surface area contributed by atoms with E-state index in [0.717, 1.165) is 23.2 Å². The van der Waals surface area contributed by atoms with Gasteiger partial charge in [-0.1, -0.05) is 22.5 Å². The third-order valence-electron chi connectivity index (χ3n) is 3.42. The van der Waals surface area contributed by atoms with Gasteiger partial charge in [0.15, 0.2) is 0 Å². The number of benzene rings is 1. The van der Waals surface area contributed by atoms with Crippen LogP contribution in [0.4, 0.5) is 5.69 Å². The molecule has 0 atom stereocenters. The molecule has 112 valence electrons. The Balaban J connectivity index is 1.82. The van der Waals surface area contributed by atoms with Crippen LogP contribution in [0.5, 0.6) is 0 Å². The summed E-state index contributed by atoms with van der Waals surface area (Å²) < 4.78 is 1.05. The number of anilines is 1. The third-order valence-corrected chi connectivity index (χ3v) is 3.95. The molecule has 1 aliphatic heterocycles. The van der Waals surface area contributed by atoms with E-state index in [1.807, 2.05) is 12.1 Å². The van der Waals surface area contributed by atoms with Crippen LogP contribution < -0.4 is 10.2 Å². The van der Waals surface area contributed by atoms with Crippen LogP contribution in [0.15, 0.2) is 41.4 Å². The molecule has 2 amide bonds. The first-order valence-corrected chi connectivity index (χ1v) is 7.58. The molecule has 1 aromatic rings. The van der Waals surface area contributed by atoms with E-state index in [1.54, 1.807) is 4.90 Å². The van der Waals surface area contributed by atoms with Gasteiger partial charge < -0.3 is 15.1 Å². The lowest BCUT2D eigenvalue weighted by Crippen LogP contribution is -2.51. The van der Waals surface area contributed by atoms with E-state index < -0.39 is 0 Å². The first-order valence-electron chi connectivity index (χ1n) is 6.78. The van der Waals surface area contributed by atoms with Gasteiger partial charge in [0, 0.05) is 36.3 Å². The van der Waals surface area contributed by atoms with Crippen molar-refractivity contribution in [1.82, 2.24) is 10.2 Å². The summed E-state index contributed by atoms with van der Waals surface area (Å²) in [4.78, 5) is 27.0. The lowest BCUT2D eigenvalue weighted by atomic mass is 10.2. The zero-order valence-electron chi connectivity index (χ0n) is 11.7. The normalized spacial score (nSPS) is 14.7. The van der Waals surface area contributed by atoms with Gasteiger partial charge in [-0.3, -0.25) is 9.59 Å². The van der Waals surface area contributed by atoms with Crippen molar-refractivity contribution in [3.8, 4) is 0 Å². The summed E-state index contributed by atoms with van der Waals surface area (Å²) >= 11 is 3.42. The van der Waals surface area contributed by atoms with Crippen molar-refractivity contribution in [3.63, 3.8) is 0 Å². The Morgan fingerprint density at radius 1 is 1.19 bits per heavy atom. The van der Waals surface area contributed by atoms with Crippen molar-refractivity contribution in [1.29, 1.82) is 0 Å². The minimum absolute atomic E-state index is 0.0309. The van der Waals surface area contributed by atoms with Crippen LogP contribution in [0.2, 0.25) is 0 Å². The number of rotatable bonds is 4. The maximum Gasteiger partial charge on any atom is 0.243 e. The Bertz CT molecular complexity index is 522. The van der Waals surface area contributed by atoms with Gasteiger partial charge in [0.2, 0.25) is 11.8 Å². The summed E-state index contributed by atoms with van der Waals surface area (Å²) in [5.74, 6) is -0.377. The van der Waals surface area contributed by atoms with Crippen LogP contribution in [-0.4, -0.2) is 49.4 Å². The van der Waals surface area contributed by atoms with Gasteiger partial charge in [-0.25, -0.2) is 0 Å². The molecular weight excluding hydrogens is 334 g/mol. The van der Waals surface area contributed by atoms with E-state index in [-0.39, 0.29) is 18.4 Å². The van der Waals surface area contributed by atoms with Gasteiger partial charge in [0.1, 0.15) is 0 Å². The van der Waals surface area contributed by atoms with E-state index in [4.69, 9.17) is 0 Å². The minimum atomic E-state index is -0.322. The van der Waals surface area contributed by atoms with Crippen LogP contribution in [-0.2, 0) is 9.59 Å². The highest BCUT2D eigenvalue weighted by Crippen LogP contribution is 2.19. The topological polar surface area (TPSA) is 52.7 Å². The standard InChI is InChI=1S/C15H18BrN3O2/c1-2-14(20)17-11-15(21)19-9-7-18(8-10-19)13-5-3-12(16)4-6-13/h2-6H,1,7-11H2,(H,17,20). The van der Waals surface area contributed by atoms with Crippen molar-refractivity contribution < 1.29 is 9.59 Å². The van der Waals surface area contributed by atoms with E-state index in [1.165, 1.54) is 6.08 Å². The molecule has 1 aromatic carbocycles. The minimum Gasteiger partial charge on any atom is -0.368 e. The van der Waals surface area contributed by atoms with Crippen molar-refractivity contribution >= 4 is 33.4 Å². The fraction of sp³-hybridized carbons (Fsp3) is 0.333. The van der Waals surface area contributed by atoms with Crippen LogP contribution in [0.25, 0.3) is 0 Å². The molecular formula is C15H18BrN3O2. The van der Waals surface area contributed by atoms with Crippen molar-refractivity contribution in [2.24, 2.45) is 0 Å². The number of hydrogen-bond donors (Lipinski definition) is 1. The lowest BCUT2D eigenvalue weighted by molar-refractivity contribution is -0.132. The Labute approximate surface area is 132 Å². The highest BCUT2D eigenvalue weighted by molar-refractivity contribution is 9.10. The van der Waals surface area contributed by atoms with E-state index in [2.05, 4.69) is 44.9 Å². The molecule has 0 aromatic heterocycles. The number of nitrogens with one attached hydrogen (secondary N) is 1. The molecule has 5 nitrogen and oxygen atoms in total. The predicted octanol–water partition coefficient (Wildman–Crippen LogP) is 1.40. The number of nitrogens with zero attached hydrogens (tertiary/aromatic N) is 2. The summed E-state index contributed by atoms with van der Waals surface area (Å²) in [5, 5.41) is 2.51. The lowest BCUT2D eigenvalue weighted by Gasteiger charge is -2.36. The van der Waals surface area contributed by atoms with Gasteiger partial charge in [-0.2, -0.15) is 0 Å². The molecule has 1 fully saturated rings. The molecule has 0 bridgehead atoms. The molecule has 1 N–H and O–H groups in total. The molecule has 0 aliphatic carbocycles. The Kier molecular flexibility index (Phi) is 5.38. The zero-order chi connectivity index (χ0) is 15.2. The van der Waals surface area contributed by atoms with Crippen LogP contribution in [0, 0.1) is 0 Å². The Hall–Kier alpha value is -1.82. The SMILES string of the molecule is C=CC(=O)NCC(=O)N1CCN(c2ccc(Br)cc2)CC1. The zero-order valence-corrected chi connectivity index (χ0v) is 13.3. The molecule has 1 heterocycles. The number of carbonyl (C=O) groups is 2. The summed E-state index contributed by atoms with van der Waals surface area (Å²) in [5.41, 5.74) is 1.16. The average Bonchev–Trinajstić information content (AvgIpc) is 2.53.